The monoisotopic (exact) mass is 633 g/mol. The Kier molecular flexibility index (Phi) is 12.1. The summed E-state index contributed by atoms with van der Waals surface area (Å²) >= 11 is 12.9. The van der Waals surface area contributed by atoms with Crippen molar-refractivity contribution in [2.75, 3.05) is 17.5 Å². The first kappa shape index (κ1) is 33.2. The van der Waals surface area contributed by atoms with E-state index in [0.717, 1.165) is 4.31 Å². The van der Waals surface area contributed by atoms with E-state index in [1.807, 2.05) is 20.8 Å². The van der Waals surface area contributed by atoms with Gasteiger partial charge in [0.1, 0.15) is 18.3 Å². The number of halogens is 2. The summed E-state index contributed by atoms with van der Waals surface area (Å²) in [5.74, 6) is -0.404. The maximum atomic E-state index is 14.2. The lowest BCUT2D eigenvalue weighted by Crippen LogP contribution is -2.53. The van der Waals surface area contributed by atoms with E-state index in [2.05, 4.69) is 5.32 Å². The van der Waals surface area contributed by atoms with Gasteiger partial charge in [-0.3, -0.25) is 13.9 Å². The molecular formula is C31H37Cl2N3O5S. The summed E-state index contributed by atoms with van der Waals surface area (Å²) in [4.78, 5) is 28.9. The van der Waals surface area contributed by atoms with Crippen molar-refractivity contribution in [2.45, 2.75) is 64.1 Å². The lowest BCUT2D eigenvalue weighted by Gasteiger charge is -2.34. The van der Waals surface area contributed by atoms with E-state index in [4.69, 9.17) is 27.9 Å². The Bertz CT molecular complexity index is 1430. The second-order valence-corrected chi connectivity index (χ2v) is 12.4. The van der Waals surface area contributed by atoms with Gasteiger partial charge in [0.2, 0.25) is 11.8 Å². The quantitative estimate of drug-likeness (QED) is 0.224. The fraction of sp³-hybridized carbons (Fsp3) is 0.355. The summed E-state index contributed by atoms with van der Waals surface area (Å²) in [6.07, 6.45) is 0.988. The highest BCUT2D eigenvalue weighted by molar-refractivity contribution is 7.92. The van der Waals surface area contributed by atoms with Gasteiger partial charge in [0.05, 0.1) is 17.2 Å². The molecule has 8 nitrogen and oxygen atoms in total. The van der Waals surface area contributed by atoms with Gasteiger partial charge in [-0.2, -0.15) is 0 Å². The van der Waals surface area contributed by atoms with Crippen LogP contribution in [0.4, 0.5) is 5.69 Å². The van der Waals surface area contributed by atoms with Gasteiger partial charge in [0.25, 0.3) is 10.0 Å². The molecular weight excluding hydrogens is 597 g/mol. The third kappa shape index (κ3) is 8.18. The number of hydrogen-bond acceptors (Lipinski definition) is 5. The minimum absolute atomic E-state index is 0.00939. The molecule has 0 aliphatic carbocycles. The normalized spacial score (nSPS) is 12.7. The Labute approximate surface area is 258 Å². The number of sulfonamides is 1. The van der Waals surface area contributed by atoms with Gasteiger partial charge < -0.3 is 15.0 Å². The van der Waals surface area contributed by atoms with E-state index in [0.29, 0.717) is 40.1 Å². The molecule has 0 radical (unpaired) electrons. The number of carbonyl (C=O) groups excluding carboxylic acids is 2. The number of carbonyl (C=O) groups is 2. The number of rotatable bonds is 14. The molecule has 42 heavy (non-hydrogen) atoms. The van der Waals surface area contributed by atoms with Crippen LogP contribution in [0.5, 0.6) is 5.75 Å². The molecule has 3 aromatic carbocycles. The van der Waals surface area contributed by atoms with Crippen LogP contribution < -0.4 is 14.4 Å². The summed E-state index contributed by atoms with van der Waals surface area (Å²) in [5, 5.41) is 3.61. The molecule has 0 heterocycles. The Morgan fingerprint density at radius 3 is 2.05 bits per heavy atom. The topological polar surface area (TPSA) is 96.0 Å². The Morgan fingerprint density at radius 2 is 1.50 bits per heavy atom. The maximum absolute atomic E-state index is 14.2. The van der Waals surface area contributed by atoms with E-state index in [9.17, 15) is 18.0 Å². The minimum Gasteiger partial charge on any atom is -0.494 e. The number of benzene rings is 3. The molecule has 0 aliphatic rings. The van der Waals surface area contributed by atoms with Crippen LogP contribution >= 0.6 is 23.2 Å². The van der Waals surface area contributed by atoms with Crippen LogP contribution in [0, 0.1) is 0 Å². The fourth-order valence-electron chi connectivity index (χ4n) is 4.34. The molecule has 11 heteroatoms. The number of nitrogens with one attached hydrogen (secondary N) is 1. The number of para-hydroxylation sites is 1. The van der Waals surface area contributed by atoms with E-state index >= 15 is 0 Å². The molecule has 0 aliphatic heterocycles. The van der Waals surface area contributed by atoms with Crippen LogP contribution in [0.1, 0.15) is 46.1 Å². The summed E-state index contributed by atoms with van der Waals surface area (Å²) in [7, 11) is -4.20. The first-order valence-electron chi connectivity index (χ1n) is 13.9. The van der Waals surface area contributed by atoms with E-state index < -0.39 is 28.5 Å². The molecule has 2 amide bonds. The Balaban J connectivity index is 2.06. The highest BCUT2D eigenvalue weighted by atomic mass is 35.5. The molecule has 3 aromatic rings. The van der Waals surface area contributed by atoms with E-state index in [-0.39, 0.29) is 29.8 Å². The predicted octanol–water partition coefficient (Wildman–Crippen LogP) is 6.31. The molecule has 226 valence electrons. The molecule has 0 fully saturated rings. The van der Waals surface area contributed by atoms with Gasteiger partial charge in [-0.15, -0.1) is 0 Å². The van der Waals surface area contributed by atoms with Crippen molar-refractivity contribution in [3.05, 3.63) is 88.4 Å². The summed E-state index contributed by atoms with van der Waals surface area (Å²) < 4.78 is 34.5. The average Bonchev–Trinajstić information content (AvgIpc) is 2.97. The molecule has 0 aromatic heterocycles. The molecule has 0 unspecified atom stereocenters. The Morgan fingerprint density at radius 1 is 0.881 bits per heavy atom. The lowest BCUT2D eigenvalue weighted by atomic mass is 10.1. The van der Waals surface area contributed by atoms with Gasteiger partial charge >= 0.3 is 0 Å². The van der Waals surface area contributed by atoms with Crippen molar-refractivity contribution in [1.82, 2.24) is 10.2 Å². The van der Waals surface area contributed by atoms with Gasteiger partial charge in [-0.1, -0.05) is 61.3 Å². The summed E-state index contributed by atoms with van der Waals surface area (Å²) in [6.45, 7) is 7.24. The fourth-order valence-corrected chi connectivity index (χ4v) is 6.27. The molecule has 0 spiro atoms. The average molecular weight is 635 g/mol. The number of ether oxygens (including phenoxy) is 1. The van der Waals surface area contributed by atoms with Crippen LogP contribution in [0.15, 0.2) is 77.7 Å². The van der Waals surface area contributed by atoms with Crippen LogP contribution in [-0.4, -0.2) is 50.4 Å². The highest BCUT2D eigenvalue weighted by Crippen LogP contribution is 2.29. The van der Waals surface area contributed by atoms with Crippen molar-refractivity contribution < 1.29 is 22.7 Å². The molecule has 0 bridgehead atoms. The second-order valence-electron chi connectivity index (χ2n) is 9.72. The zero-order valence-corrected chi connectivity index (χ0v) is 26.5. The molecule has 1 N–H and O–H groups in total. The number of anilines is 1. The standard InChI is InChI=1S/C31H37Cl2N3O5S/c1-5-22(4)34-31(38)29(6-2)35(20-26-27(32)14-11-15-28(26)33)30(37)21-36(23-12-9-8-10-13-23)42(39,40)25-18-16-24(17-19-25)41-7-3/h8-19,22,29H,5-7,20-21H2,1-4H3,(H,34,38)/t22-,29-/m1/s1. The predicted molar refractivity (Wildman–Crippen MR) is 168 cm³/mol. The van der Waals surface area contributed by atoms with Crippen LogP contribution in [0.25, 0.3) is 0 Å². The second kappa shape index (κ2) is 15.3. The smallest absolute Gasteiger partial charge is 0.264 e. The number of hydrogen-bond donors (Lipinski definition) is 1. The zero-order valence-electron chi connectivity index (χ0n) is 24.2. The SMILES string of the molecule is CCOc1ccc(S(=O)(=O)N(CC(=O)N(Cc2c(Cl)cccc2Cl)[C@H](CC)C(=O)N[C@H](C)CC)c2ccccc2)cc1. The molecule has 2 atom stereocenters. The van der Waals surface area contributed by atoms with Gasteiger partial charge in [-0.25, -0.2) is 8.42 Å². The van der Waals surface area contributed by atoms with E-state index in [1.165, 1.54) is 17.0 Å². The van der Waals surface area contributed by atoms with Crippen LogP contribution in [0.2, 0.25) is 10.0 Å². The third-order valence-corrected chi connectivity index (χ3v) is 9.32. The maximum Gasteiger partial charge on any atom is 0.264 e. The van der Waals surface area contributed by atoms with Gasteiger partial charge in [0, 0.05) is 28.2 Å². The Hall–Kier alpha value is -3.27. The molecule has 3 rings (SSSR count). The largest absolute Gasteiger partial charge is 0.494 e. The minimum atomic E-state index is -4.20. The van der Waals surface area contributed by atoms with Crippen molar-refractivity contribution in [3.63, 3.8) is 0 Å². The van der Waals surface area contributed by atoms with Crippen molar-refractivity contribution in [2.24, 2.45) is 0 Å². The number of nitrogens with zero attached hydrogens (tertiary/aromatic N) is 2. The van der Waals surface area contributed by atoms with Crippen molar-refractivity contribution in [1.29, 1.82) is 0 Å². The third-order valence-electron chi connectivity index (χ3n) is 6.82. The summed E-state index contributed by atoms with van der Waals surface area (Å²) in [5.41, 5.74) is 0.761. The lowest BCUT2D eigenvalue weighted by molar-refractivity contribution is -0.140. The highest BCUT2D eigenvalue weighted by Gasteiger charge is 2.34. The van der Waals surface area contributed by atoms with Gasteiger partial charge in [-0.05, 0) is 75.2 Å². The van der Waals surface area contributed by atoms with Gasteiger partial charge in [0.15, 0.2) is 0 Å². The van der Waals surface area contributed by atoms with E-state index in [1.54, 1.807) is 67.6 Å². The van der Waals surface area contributed by atoms with Crippen molar-refractivity contribution >= 4 is 50.7 Å². The first-order chi connectivity index (χ1) is 20.0. The number of amides is 2. The molecule has 0 saturated heterocycles. The zero-order chi connectivity index (χ0) is 30.9. The van der Waals surface area contributed by atoms with Crippen molar-refractivity contribution in [3.8, 4) is 5.75 Å². The molecule has 0 saturated carbocycles. The van der Waals surface area contributed by atoms with Crippen LogP contribution in [-0.2, 0) is 26.2 Å². The summed E-state index contributed by atoms with van der Waals surface area (Å²) in [6, 6.07) is 18.4. The first-order valence-corrected chi connectivity index (χ1v) is 16.1. The van der Waals surface area contributed by atoms with Crippen LogP contribution in [0.3, 0.4) is 0 Å².